The fraction of sp³-hybridized carbons (Fsp3) is 0.538. The number of hydrogen-bond donors (Lipinski definition) is 3. The van der Waals surface area contributed by atoms with Crippen molar-refractivity contribution in [2.75, 3.05) is 0 Å². The van der Waals surface area contributed by atoms with Gasteiger partial charge in [0.15, 0.2) is 0 Å². The largest absolute Gasteiger partial charge is 0.506 e. The number of rotatable bonds is 3. The van der Waals surface area contributed by atoms with Gasteiger partial charge in [0, 0.05) is 12.6 Å². The molecule has 0 aliphatic heterocycles. The third-order valence-corrected chi connectivity index (χ3v) is 3.56. The highest BCUT2D eigenvalue weighted by atomic mass is 35.5. The van der Waals surface area contributed by atoms with E-state index in [1.807, 2.05) is 6.07 Å². The Bertz CT molecular complexity index is 384. The zero-order chi connectivity index (χ0) is 12.3. The van der Waals surface area contributed by atoms with Crippen molar-refractivity contribution in [1.29, 1.82) is 0 Å². The van der Waals surface area contributed by atoms with E-state index in [0.717, 1.165) is 37.8 Å². The van der Waals surface area contributed by atoms with Crippen LogP contribution in [0.4, 0.5) is 0 Å². The number of aromatic hydroxyl groups is 1. The lowest BCUT2D eigenvalue weighted by Crippen LogP contribution is -2.35. The quantitative estimate of drug-likeness (QED) is 0.778. The minimum Gasteiger partial charge on any atom is -0.506 e. The molecule has 0 heterocycles. The smallest absolute Gasteiger partial charge is 0.134 e. The van der Waals surface area contributed by atoms with Gasteiger partial charge in [-0.3, -0.25) is 0 Å². The summed E-state index contributed by atoms with van der Waals surface area (Å²) in [7, 11) is 0. The van der Waals surface area contributed by atoms with Crippen LogP contribution in [0.25, 0.3) is 0 Å². The Morgan fingerprint density at radius 2 is 2.18 bits per heavy atom. The van der Waals surface area contributed by atoms with Gasteiger partial charge >= 0.3 is 0 Å². The molecule has 17 heavy (non-hydrogen) atoms. The molecule has 94 valence electrons. The van der Waals surface area contributed by atoms with Crippen molar-refractivity contribution in [3.8, 4) is 5.75 Å². The van der Waals surface area contributed by atoms with Crippen LogP contribution in [0.3, 0.4) is 0 Å². The second kappa shape index (κ2) is 5.71. The number of phenolic OH excluding ortho intramolecular Hbond substituents is 1. The fourth-order valence-corrected chi connectivity index (χ4v) is 2.48. The van der Waals surface area contributed by atoms with Crippen LogP contribution < -0.4 is 5.32 Å². The van der Waals surface area contributed by atoms with Crippen LogP contribution >= 0.6 is 11.6 Å². The third-order valence-electron chi connectivity index (χ3n) is 3.25. The lowest BCUT2D eigenvalue weighted by atomic mass is 9.93. The van der Waals surface area contributed by atoms with Gasteiger partial charge in [0.2, 0.25) is 0 Å². The molecule has 4 heteroatoms. The van der Waals surface area contributed by atoms with Crippen molar-refractivity contribution in [2.24, 2.45) is 0 Å². The van der Waals surface area contributed by atoms with E-state index >= 15 is 0 Å². The maximum Gasteiger partial charge on any atom is 0.134 e. The second-order valence-electron chi connectivity index (χ2n) is 4.68. The van der Waals surface area contributed by atoms with Gasteiger partial charge in [-0.1, -0.05) is 17.7 Å². The topological polar surface area (TPSA) is 52.5 Å². The molecule has 0 radical (unpaired) electrons. The normalized spacial score (nSPS) is 24.8. The summed E-state index contributed by atoms with van der Waals surface area (Å²) in [6.45, 7) is 0.720. The van der Waals surface area contributed by atoms with E-state index < -0.39 is 0 Å². The first-order valence-electron chi connectivity index (χ1n) is 6.04. The number of hydrogen-bond acceptors (Lipinski definition) is 3. The van der Waals surface area contributed by atoms with Crippen LogP contribution in [-0.2, 0) is 6.54 Å². The van der Waals surface area contributed by atoms with Gasteiger partial charge in [-0.25, -0.2) is 0 Å². The van der Waals surface area contributed by atoms with Crippen molar-refractivity contribution >= 4 is 11.6 Å². The van der Waals surface area contributed by atoms with E-state index in [9.17, 15) is 10.2 Å². The summed E-state index contributed by atoms with van der Waals surface area (Å²) in [5, 5.41) is 22.7. The Morgan fingerprint density at radius 1 is 1.35 bits per heavy atom. The molecule has 3 N–H and O–H groups in total. The minimum absolute atomic E-state index is 0.114. The van der Waals surface area contributed by atoms with Crippen LogP contribution in [-0.4, -0.2) is 22.4 Å². The van der Waals surface area contributed by atoms with E-state index in [-0.39, 0.29) is 11.9 Å². The fourth-order valence-electron chi connectivity index (χ4n) is 2.27. The molecule has 0 amide bonds. The van der Waals surface area contributed by atoms with Gasteiger partial charge < -0.3 is 15.5 Å². The molecule has 0 bridgehead atoms. The van der Waals surface area contributed by atoms with Crippen LogP contribution in [0.15, 0.2) is 18.2 Å². The molecule has 0 saturated heterocycles. The molecule has 0 spiro atoms. The highest BCUT2D eigenvalue weighted by molar-refractivity contribution is 6.32. The Morgan fingerprint density at radius 3 is 2.88 bits per heavy atom. The summed E-state index contributed by atoms with van der Waals surface area (Å²) in [5.74, 6) is 0.114. The molecule has 2 rings (SSSR count). The Balaban J connectivity index is 1.86. The van der Waals surface area contributed by atoms with Gasteiger partial charge in [0.25, 0.3) is 0 Å². The van der Waals surface area contributed by atoms with Gasteiger partial charge in [0.1, 0.15) is 5.75 Å². The second-order valence-corrected chi connectivity index (χ2v) is 5.09. The van der Waals surface area contributed by atoms with Crippen molar-refractivity contribution in [1.82, 2.24) is 5.32 Å². The van der Waals surface area contributed by atoms with Crippen LogP contribution in [0.2, 0.25) is 5.02 Å². The number of halogens is 1. The van der Waals surface area contributed by atoms with Crippen LogP contribution in [0.1, 0.15) is 31.2 Å². The zero-order valence-corrected chi connectivity index (χ0v) is 10.5. The van der Waals surface area contributed by atoms with E-state index in [2.05, 4.69) is 5.32 Å². The minimum atomic E-state index is -0.162. The van der Waals surface area contributed by atoms with Gasteiger partial charge in [-0.05, 0) is 43.4 Å². The first-order chi connectivity index (χ1) is 8.15. The summed E-state index contributed by atoms with van der Waals surface area (Å²) in [4.78, 5) is 0. The zero-order valence-electron chi connectivity index (χ0n) is 9.69. The average molecular weight is 256 g/mol. The molecule has 2 atom stereocenters. The van der Waals surface area contributed by atoms with Crippen molar-refractivity contribution in [2.45, 2.75) is 44.4 Å². The summed E-state index contributed by atoms with van der Waals surface area (Å²) < 4.78 is 0. The van der Waals surface area contributed by atoms with E-state index in [0.29, 0.717) is 11.1 Å². The Kier molecular flexibility index (Phi) is 4.26. The molecule has 2 unspecified atom stereocenters. The summed E-state index contributed by atoms with van der Waals surface area (Å²) in [6, 6.07) is 5.61. The maximum atomic E-state index is 9.56. The molecule has 1 aliphatic rings. The van der Waals surface area contributed by atoms with E-state index in [4.69, 9.17) is 11.6 Å². The molecular weight excluding hydrogens is 238 g/mol. The first kappa shape index (κ1) is 12.7. The summed E-state index contributed by atoms with van der Waals surface area (Å²) in [5.41, 5.74) is 1.05. The van der Waals surface area contributed by atoms with Gasteiger partial charge in [0.05, 0.1) is 11.1 Å². The van der Waals surface area contributed by atoms with E-state index in [1.54, 1.807) is 12.1 Å². The van der Waals surface area contributed by atoms with Crippen LogP contribution in [0, 0.1) is 0 Å². The average Bonchev–Trinajstić information content (AvgIpc) is 2.31. The number of aliphatic hydroxyl groups excluding tert-OH is 1. The first-order valence-corrected chi connectivity index (χ1v) is 6.42. The predicted octanol–water partition coefficient (Wildman–Crippen LogP) is 2.44. The van der Waals surface area contributed by atoms with Gasteiger partial charge in [-0.2, -0.15) is 0 Å². The molecule has 1 fully saturated rings. The molecule has 3 nitrogen and oxygen atoms in total. The van der Waals surface area contributed by atoms with Crippen molar-refractivity contribution < 1.29 is 10.2 Å². The lowest BCUT2D eigenvalue weighted by Gasteiger charge is -2.26. The highest BCUT2D eigenvalue weighted by Gasteiger charge is 2.19. The summed E-state index contributed by atoms with van der Waals surface area (Å²) in [6.07, 6.45) is 3.78. The molecule has 0 aromatic heterocycles. The molecule has 1 aromatic rings. The number of phenols is 1. The molecular formula is C13H18ClNO2. The standard InChI is InChI=1S/C13H18ClNO2/c14-12-6-9(4-5-13(12)17)8-15-10-2-1-3-11(16)7-10/h4-6,10-11,15-17H,1-3,7-8H2. The van der Waals surface area contributed by atoms with E-state index in [1.165, 1.54) is 0 Å². The Hall–Kier alpha value is -0.770. The SMILES string of the molecule is Oc1ccc(CNC2CCCC(O)C2)cc1Cl. The number of benzene rings is 1. The highest BCUT2D eigenvalue weighted by Crippen LogP contribution is 2.24. The third kappa shape index (κ3) is 3.60. The predicted molar refractivity (Wildman–Crippen MR) is 68.2 cm³/mol. The molecule has 1 aromatic carbocycles. The number of aliphatic hydroxyl groups is 1. The molecule has 1 aliphatic carbocycles. The summed E-state index contributed by atoms with van der Waals surface area (Å²) >= 11 is 5.84. The van der Waals surface area contributed by atoms with Crippen LogP contribution in [0.5, 0.6) is 5.75 Å². The van der Waals surface area contributed by atoms with Crippen molar-refractivity contribution in [3.05, 3.63) is 28.8 Å². The monoisotopic (exact) mass is 255 g/mol. The Labute approximate surface area is 106 Å². The van der Waals surface area contributed by atoms with Crippen molar-refractivity contribution in [3.63, 3.8) is 0 Å². The van der Waals surface area contributed by atoms with Gasteiger partial charge in [-0.15, -0.1) is 0 Å². The number of nitrogens with one attached hydrogen (secondary N) is 1. The maximum absolute atomic E-state index is 9.56. The lowest BCUT2D eigenvalue weighted by molar-refractivity contribution is 0.111. The molecule has 1 saturated carbocycles.